The second kappa shape index (κ2) is 4.09. The van der Waals surface area contributed by atoms with Crippen molar-refractivity contribution in [2.24, 2.45) is 0 Å². The van der Waals surface area contributed by atoms with Crippen LogP contribution in [0.5, 0.6) is 0 Å². The van der Waals surface area contributed by atoms with Gasteiger partial charge in [0.1, 0.15) is 5.69 Å². The van der Waals surface area contributed by atoms with E-state index in [-0.39, 0.29) is 31.0 Å². The summed E-state index contributed by atoms with van der Waals surface area (Å²) in [6.45, 7) is 0. The third-order valence-electron chi connectivity index (χ3n) is 1.29. The number of anilines is 1. The Morgan fingerprint density at radius 3 is 1.62 bits per heavy atom. The van der Waals surface area contributed by atoms with Crippen LogP contribution in [0.1, 0.15) is 0 Å². The largest absolute Gasteiger partial charge is 0.264 e. The van der Waals surface area contributed by atoms with E-state index in [9.17, 15) is 0 Å². The Morgan fingerprint density at radius 1 is 0.923 bits per heavy atom. The van der Waals surface area contributed by atoms with Gasteiger partial charge in [-0.2, -0.15) is 0 Å². The molecule has 72 valence electrons. The highest BCUT2D eigenvalue weighted by Crippen LogP contribution is 2.42. The maximum atomic E-state index is 8.74. The van der Waals surface area contributed by atoms with Crippen LogP contribution in [-0.4, -0.2) is 10.4 Å². The van der Waals surface area contributed by atoms with E-state index >= 15 is 0 Å². The molecule has 0 aliphatic heterocycles. The lowest BCUT2D eigenvalue weighted by molar-refractivity contribution is 0.0293. The fraction of sp³-hybridized carbons (Fsp3) is 0. The topological polar surface area (TPSA) is 43.7 Å². The smallest absolute Gasteiger partial charge is 0.134 e. The molecule has 13 heavy (non-hydrogen) atoms. The molecule has 0 fully saturated rings. The predicted octanol–water partition coefficient (Wildman–Crippen LogP) is 3.88. The number of nitrogens with zero attached hydrogens (tertiary/aromatic N) is 1. The lowest BCUT2D eigenvalue weighted by atomic mass is 10.3. The minimum atomic E-state index is -0.249. The number of halogens is 4. The number of hydrogen-bond acceptors (Lipinski definition) is 3. The summed E-state index contributed by atoms with van der Waals surface area (Å²) in [6, 6.07) is 1.31. The lowest BCUT2D eigenvalue weighted by Crippen LogP contribution is -2.12. The molecule has 0 saturated carbocycles. The fourth-order valence-electron chi connectivity index (χ4n) is 0.736. The highest BCUT2D eigenvalue weighted by molar-refractivity contribution is 6.50. The van der Waals surface area contributed by atoms with Crippen LogP contribution in [0.3, 0.4) is 0 Å². The number of hydrogen-bond donors (Lipinski definition) is 2. The lowest BCUT2D eigenvalue weighted by Gasteiger charge is -2.13. The quantitative estimate of drug-likeness (QED) is 0.596. The summed E-state index contributed by atoms with van der Waals surface area (Å²) < 4.78 is 0. The molecule has 0 amide bonds. The van der Waals surface area contributed by atoms with Gasteiger partial charge in [-0.25, -0.2) is 0 Å². The second-order valence-corrected chi connectivity index (χ2v) is 3.68. The van der Waals surface area contributed by atoms with Crippen molar-refractivity contribution in [3.8, 4) is 0 Å². The van der Waals surface area contributed by atoms with E-state index < -0.39 is 0 Å². The standard InChI is InChI=1S/C6H3Cl4NO2/c7-2-1-3(8)5(10)6(4(2)9)11(12)13/h1,12-13H. The average Bonchev–Trinajstić information content (AvgIpc) is 2.01. The van der Waals surface area contributed by atoms with E-state index in [4.69, 9.17) is 56.8 Å². The zero-order valence-electron chi connectivity index (χ0n) is 5.93. The molecule has 3 nitrogen and oxygen atoms in total. The summed E-state index contributed by atoms with van der Waals surface area (Å²) in [5, 5.41) is 17.2. The van der Waals surface area contributed by atoms with Gasteiger partial charge in [-0.3, -0.25) is 10.4 Å². The third kappa shape index (κ3) is 2.13. The first-order valence-electron chi connectivity index (χ1n) is 2.96. The van der Waals surface area contributed by atoms with Crippen molar-refractivity contribution < 1.29 is 10.4 Å². The molecule has 1 rings (SSSR count). The molecule has 0 spiro atoms. The monoisotopic (exact) mass is 261 g/mol. The Labute approximate surface area is 93.9 Å². The molecule has 0 unspecified atom stereocenters. The van der Waals surface area contributed by atoms with E-state index in [1.807, 2.05) is 0 Å². The maximum absolute atomic E-state index is 8.74. The first-order chi connectivity index (χ1) is 5.95. The molecule has 7 heteroatoms. The van der Waals surface area contributed by atoms with Crippen molar-refractivity contribution in [3.63, 3.8) is 0 Å². The summed E-state index contributed by atoms with van der Waals surface area (Å²) >= 11 is 22.5. The summed E-state index contributed by atoms with van der Waals surface area (Å²) in [6.07, 6.45) is 0. The molecular formula is C6H3Cl4NO2. The first kappa shape index (κ1) is 11.2. The van der Waals surface area contributed by atoms with Gasteiger partial charge in [0.25, 0.3) is 0 Å². The second-order valence-electron chi connectivity index (χ2n) is 2.11. The van der Waals surface area contributed by atoms with Crippen molar-refractivity contribution in [1.29, 1.82) is 0 Å². The summed E-state index contributed by atoms with van der Waals surface area (Å²) in [4.78, 5) is 0. The highest BCUT2D eigenvalue weighted by Gasteiger charge is 2.17. The van der Waals surface area contributed by atoms with Crippen molar-refractivity contribution in [3.05, 3.63) is 26.2 Å². The van der Waals surface area contributed by atoms with Crippen molar-refractivity contribution in [2.75, 3.05) is 5.23 Å². The van der Waals surface area contributed by atoms with Crippen LogP contribution in [0.25, 0.3) is 0 Å². The van der Waals surface area contributed by atoms with Gasteiger partial charge in [0, 0.05) is 0 Å². The molecular weight excluding hydrogens is 260 g/mol. The number of benzene rings is 1. The van der Waals surface area contributed by atoms with E-state index in [1.165, 1.54) is 6.07 Å². The van der Waals surface area contributed by atoms with Gasteiger partial charge in [-0.1, -0.05) is 46.4 Å². The summed E-state index contributed by atoms with van der Waals surface area (Å²) in [5.41, 5.74) is -0.249. The van der Waals surface area contributed by atoms with Crippen molar-refractivity contribution in [2.45, 2.75) is 0 Å². The van der Waals surface area contributed by atoms with E-state index in [2.05, 4.69) is 0 Å². The Hall–Kier alpha value is 0.1000. The Balaban J connectivity index is 3.46. The van der Waals surface area contributed by atoms with Gasteiger partial charge in [-0.15, -0.1) is 5.23 Å². The zero-order valence-corrected chi connectivity index (χ0v) is 8.95. The van der Waals surface area contributed by atoms with Crippen LogP contribution in [0.4, 0.5) is 5.69 Å². The van der Waals surface area contributed by atoms with Gasteiger partial charge in [0.2, 0.25) is 0 Å². The maximum Gasteiger partial charge on any atom is 0.134 e. The Morgan fingerprint density at radius 2 is 1.31 bits per heavy atom. The normalized spacial score (nSPS) is 10.3. The van der Waals surface area contributed by atoms with E-state index in [0.717, 1.165) is 0 Å². The molecule has 0 atom stereocenters. The van der Waals surface area contributed by atoms with Crippen molar-refractivity contribution >= 4 is 52.1 Å². The Bertz CT molecular complexity index is 316. The first-order valence-corrected chi connectivity index (χ1v) is 4.47. The van der Waals surface area contributed by atoms with Crippen LogP contribution in [0, 0.1) is 0 Å². The molecule has 2 N–H and O–H groups in total. The van der Waals surface area contributed by atoms with Crippen LogP contribution < -0.4 is 5.23 Å². The predicted molar refractivity (Wildman–Crippen MR) is 52.5 cm³/mol. The van der Waals surface area contributed by atoms with E-state index in [0.29, 0.717) is 0 Å². The van der Waals surface area contributed by atoms with Crippen LogP contribution >= 0.6 is 46.4 Å². The van der Waals surface area contributed by atoms with Gasteiger partial charge in [-0.05, 0) is 6.07 Å². The third-order valence-corrected chi connectivity index (χ3v) is 2.84. The van der Waals surface area contributed by atoms with Gasteiger partial charge in [0.05, 0.1) is 20.1 Å². The SMILES string of the molecule is ON(O)c1c(Cl)c(Cl)cc(Cl)c1Cl. The highest BCUT2D eigenvalue weighted by atomic mass is 35.5. The average molecular weight is 263 g/mol. The zero-order chi connectivity index (χ0) is 10.2. The molecule has 1 aromatic rings. The molecule has 1 aromatic carbocycles. The van der Waals surface area contributed by atoms with E-state index in [1.54, 1.807) is 0 Å². The van der Waals surface area contributed by atoms with Crippen LogP contribution in [0.15, 0.2) is 6.07 Å². The van der Waals surface area contributed by atoms with Gasteiger partial charge >= 0.3 is 0 Å². The van der Waals surface area contributed by atoms with Crippen LogP contribution in [-0.2, 0) is 0 Å². The molecule has 0 aliphatic carbocycles. The molecule has 0 bridgehead atoms. The summed E-state index contributed by atoms with van der Waals surface area (Å²) in [7, 11) is 0. The minimum absolute atomic E-state index is 0.0823. The molecule has 0 aliphatic rings. The molecule has 0 saturated heterocycles. The minimum Gasteiger partial charge on any atom is -0.264 e. The fourth-order valence-corrected chi connectivity index (χ4v) is 1.69. The Kier molecular flexibility index (Phi) is 3.51. The summed E-state index contributed by atoms with van der Waals surface area (Å²) in [5.74, 6) is 0. The van der Waals surface area contributed by atoms with Gasteiger partial charge in [0.15, 0.2) is 0 Å². The molecule has 0 aromatic heterocycles. The van der Waals surface area contributed by atoms with Crippen LogP contribution in [0.2, 0.25) is 20.1 Å². The number of rotatable bonds is 1. The molecule has 0 heterocycles. The van der Waals surface area contributed by atoms with Gasteiger partial charge < -0.3 is 0 Å². The molecule has 0 radical (unpaired) electrons. The van der Waals surface area contributed by atoms with Crippen molar-refractivity contribution in [1.82, 2.24) is 0 Å².